The summed E-state index contributed by atoms with van der Waals surface area (Å²) in [4.78, 5) is 64.1. The van der Waals surface area contributed by atoms with Crippen LogP contribution in [0.15, 0.2) is 0 Å². The summed E-state index contributed by atoms with van der Waals surface area (Å²) >= 11 is 0. The van der Waals surface area contributed by atoms with Gasteiger partial charge in [0.05, 0.1) is 31.5 Å². The summed E-state index contributed by atoms with van der Waals surface area (Å²) in [6.07, 6.45) is 12.6. The third-order valence-corrected chi connectivity index (χ3v) is 11.2. The molecule has 3 aliphatic rings. The fraction of sp³-hybridized carbons (Fsp3) is 0.822. The minimum atomic E-state index is -3.70. The van der Waals surface area contributed by atoms with E-state index < -0.39 is 35.6 Å². The lowest BCUT2D eigenvalue weighted by Gasteiger charge is -2.33. The van der Waals surface area contributed by atoms with E-state index in [-0.39, 0.29) is 43.2 Å². The molecule has 0 radical (unpaired) electrons. The maximum atomic E-state index is 11.8. The topological polar surface area (TPSA) is 243 Å². The Kier molecular flexibility index (Phi) is 30.0. The number of carbonyl (C=O) groups excluding carboxylic acids is 5. The lowest BCUT2D eigenvalue weighted by atomic mass is 10.1. The van der Waals surface area contributed by atoms with Gasteiger partial charge in [0.25, 0.3) is 0 Å². The van der Waals surface area contributed by atoms with Gasteiger partial charge in [-0.2, -0.15) is 4.79 Å². The van der Waals surface area contributed by atoms with Crippen LogP contribution < -0.4 is 0 Å². The second-order valence-corrected chi connectivity index (χ2v) is 20.6. The number of hydrogen-bond donors (Lipinski definition) is 1. The maximum absolute atomic E-state index is 11.8. The molecule has 0 unspecified atom stereocenters. The molecule has 0 saturated carbocycles. The fourth-order valence-corrected chi connectivity index (χ4v) is 7.03. The normalized spacial score (nSPS) is 16.3. The summed E-state index contributed by atoms with van der Waals surface area (Å²) in [5.41, 5.74) is 6.40. The van der Waals surface area contributed by atoms with E-state index in [0.717, 1.165) is 66.0 Å². The van der Waals surface area contributed by atoms with Gasteiger partial charge in [-0.3, -0.25) is 4.79 Å². The van der Waals surface area contributed by atoms with Gasteiger partial charge >= 0.3 is 31.3 Å². The molecule has 3 aliphatic heterocycles. The zero-order valence-corrected chi connectivity index (χ0v) is 42.6. The number of carbonyl (C=O) groups is 5. The first-order valence-electron chi connectivity index (χ1n) is 22.5. The van der Waals surface area contributed by atoms with Crippen molar-refractivity contribution in [3.8, 4) is 12.3 Å². The zero-order valence-electron chi connectivity index (χ0n) is 41.7. The lowest BCUT2D eigenvalue weighted by molar-refractivity contribution is -0.115. The van der Waals surface area contributed by atoms with Crippen molar-refractivity contribution in [1.29, 1.82) is 0 Å². The van der Waals surface area contributed by atoms with Crippen LogP contribution in [0.2, 0.25) is 0 Å². The van der Waals surface area contributed by atoms with Gasteiger partial charge in [-0.15, -0.1) is 12.3 Å². The van der Waals surface area contributed by atoms with Crippen LogP contribution in [0, 0.1) is 12.3 Å². The summed E-state index contributed by atoms with van der Waals surface area (Å²) in [6.45, 7) is 23.8. The van der Waals surface area contributed by atoms with E-state index in [0.29, 0.717) is 78.4 Å². The molecule has 3 saturated heterocycles. The van der Waals surface area contributed by atoms with Crippen molar-refractivity contribution in [1.82, 2.24) is 14.7 Å². The van der Waals surface area contributed by atoms with Crippen molar-refractivity contribution in [2.45, 2.75) is 162 Å². The number of ketones is 1. The third-order valence-electron chi connectivity index (χ3n) is 9.28. The Bertz CT molecular complexity index is 1580. The number of likely N-dealkylation sites (tertiary alicyclic amines) is 3. The van der Waals surface area contributed by atoms with Gasteiger partial charge in [-0.25, -0.2) is 18.9 Å². The maximum Gasteiger partial charge on any atom is 0.446 e. The van der Waals surface area contributed by atoms with Gasteiger partial charge in [0, 0.05) is 86.5 Å². The summed E-state index contributed by atoms with van der Waals surface area (Å²) in [5.74, 6) is 1.89. The Morgan fingerprint density at radius 3 is 1.26 bits per heavy atom. The molecule has 66 heavy (non-hydrogen) atoms. The average Bonchev–Trinajstić information content (AvgIpc) is 3.23. The first-order chi connectivity index (χ1) is 30.8. The molecule has 3 fully saturated rings. The molecule has 3 rings (SSSR count). The van der Waals surface area contributed by atoms with Crippen molar-refractivity contribution < 1.29 is 75.9 Å². The number of Topliss-reactive ketones (excluding diaryl/α,β-unsaturated/α-hetero) is 1. The first-order valence-corrected chi connectivity index (χ1v) is 24.0. The molecule has 0 atom stereocenters. The van der Waals surface area contributed by atoms with Gasteiger partial charge in [0.2, 0.25) is 5.78 Å². The number of hydrogen-bond acceptors (Lipinski definition) is 15. The number of rotatable bonds is 15. The third kappa shape index (κ3) is 28.3. The van der Waals surface area contributed by atoms with Crippen molar-refractivity contribution >= 4 is 43.4 Å². The van der Waals surface area contributed by atoms with Crippen molar-refractivity contribution in [2.24, 2.45) is 0 Å². The number of ether oxygens (including phenoxy) is 6. The highest BCUT2D eigenvalue weighted by Crippen LogP contribution is 2.47. The van der Waals surface area contributed by atoms with Gasteiger partial charge in [0.1, 0.15) is 23.1 Å². The Labute approximate surface area is 393 Å². The van der Waals surface area contributed by atoms with E-state index in [1.807, 2.05) is 62.3 Å². The Balaban J connectivity index is 0.000000864. The second kappa shape index (κ2) is 31.9. The van der Waals surface area contributed by atoms with Crippen molar-refractivity contribution in [3.05, 3.63) is 5.53 Å². The van der Waals surface area contributed by atoms with Gasteiger partial charge in [-0.1, -0.05) is 0 Å². The van der Waals surface area contributed by atoms with E-state index in [1.165, 1.54) is 0 Å². The van der Waals surface area contributed by atoms with Crippen LogP contribution >= 0.6 is 7.60 Å². The molecule has 0 aliphatic carbocycles. The Hall–Kier alpha value is -3.92. The van der Waals surface area contributed by atoms with Gasteiger partial charge < -0.3 is 67.6 Å². The summed E-state index contributed by atoms with van der Waals surface area (Å²) < 4.78 is 53.0. The van der Waals surface area contributed by atoms with Crippen LogP contribution in [-0.2, 0) is 51.6 Å². The summed E-state index contributed by atoms with van der Waals surface area (Å²) in [7, 11) is -1.51. The van der Waals surface area contributed by atoms with E-state index in [4.69, 9.17) is 45.5 Å². The van der Waals surface area contributed by atoms with Crippen LogP contribution in [0.4, 0.5) is 14.4 Å². The highest BCUT2D eigenvalue weighted by atomic mass is 31.2. The molecule has 20 nitrogen and oxygen atoms in total. The predicted octanol–water partition coefficient (Wildman–Crippen LogP) is 6.89. The van der Waals surface area contributed by atoms with E-state index in [9.17, 15) is 28.5 Å². The quantitative estimate of drug-likeness (QED) is 0.0257. The highest BCUT2D eigenvalue weighted by molar-refractivity contribution is 7.74. The zero-order chi connectivity index (χ0) is 50.6. The number of amides is 3. The number of nitrogens with zero attached hydrogens (tertiary/aromatic N) is 5. The van der Waals surface area contributed by atoms with Crippen LogP contribution in [0.3, 0.4) is 0 Å². The molecule has 3 amide bonds. The number of aliphatic hydroxyl groups excluding tert-OH is 1. The monoisotopic (exact) mass is 962 g/mol. The second-order valence-electron chi connectivity index (χ2n) is 18.4. The van der Waals surface area contributed by atoms with Crippen molar-refractivity contribution in [2.75, 3.05) is 79.9 Å². The number of terminal acetylenes is 1. The fourth-order valence-electron chi connectivity index (χ4n) is 6.04. The molecule has 1 N–H and O–H groups in total. The minimum absolute atomic E-state index is 0.156. The van der Waals surface area contributed by atoms with Crippen LogP contribution in [0.5, 0.6) is 0 Å². The Morgan fingerprint density at radius 2 is 1.02 bits per heavy atom. The summed E-state index contributed by atoms with van der Waals surface area (Å²) in [5, 5.41) is 8.67. The average molecular weight is 962 g/mol. The molecular formula is C45H80N5O15P. The smallest absolute Gasteiger partial charge is 0.444 e. The van der Waals surface area contributed by atoms with Crippen LogP contribution in [0.1, 0.15) is 127 Å². The SMILES string of the molecule is C#CCCOC1CCN(C(=O)OC(C)(C)C)CC1.CC(C)(C)OC(=O)N1CCC(OCCC=O)CC1.CC(C)(C)OC(=O)N1CCC(OCCCO)CC1.COP(=O)(OC)C(=[N+]=[N-])C(C)=O. The molecule has 0 bridgehead atoms. The minimum Gasteiger partial charge on any atom is -0.444 e. The van der Waals surface area contributed by atoms with Crippen molar-refractivity contribution in [3.63, 3.8) is 0 Å². The van der Waals surface area contributed by atoms with E-state index in [1.54, 1.807) is 14.7 Å². The Morgan fingerprint density at radius 1 is 0.682 bits per heavy atom. The number of aliphatic hydroxyl groups is 1. The van der Waals surface area contributed by atoms with E-state index >= 15 is 0 Å². The number of piperidine rings is 3. The molecule has 21 heteroatoms. The predicted molar refractivity (Wildman–Crippen MR) is 247 cm³/mol. The lowest BCUT2D eigenvalue weighted by Crippen LogP contribution is -2.43. The molecular weight excluding hydrogens is 881 g/mol. The molecule has 0 aromatic heterocycles. The molecule has 0 aromatic carbocycles. The highest BCUT2D eigenvalue weighted by Gasteiger charge is 2.42. The molecule has 3 heterocycles. The number of aldehydes is 1. The molecule has 380 valence electrons. The standard InChI is InChI=1S/C14H23NO3.C13H25NO4.C13H23NO4.C5H9N2O4P/c1-5-6-11-17-12-7-9-15(10-8-12)13(16)18-14(2,3)4;2*1-13(2,3)18-12(16)14-7-5-11(6-8-14)17-10-4-9-15;1-4(8)5(7-6)12(9,10-2)11-3/h1,12H,6-11H2,2-4H3;11,15H,4-10H2,1-3H3;9,11H,4-8,10H2,1-3H3;1-3H3. The van der Waals surface area contributed by atoms with E-state index in [2.05, 4.69) is 19.8 Å². The first kappa shape index (κ1) is 62.1. The van der Waals surface area contributed by atoms with Gasteiger partial charge in [0.15, 0.2) is 0 Å². The summed E-state index contributed by atoms with van der Waals surface area (Å²) in [6, 6.07) is 0. The van der Waals surface area contributed by atoms with Crippen LogP contribution in [-0.4, -0.2) is 175 Å². The molecule has 0 aromatic rings. The largest absolute Gasteiger partial charge is 0.446 e. The molecule has 0 spiro atoms. The van der Waals surface area contributed by atoms with Gasteiger partial charge in [-0.05, 0) is 107 Å². The van der Waals surface area contributed by atoms with Crippen LogP contribution in [0.25, 0.3) is 5.53 Å².